The van der Waals surface area contributed by atoms with Gasteiger partial charge in [0.2, 0.25) is 0 Å². The largest absolute Gasteiger partial charge is 0.480 e. The minimum Gasteiger partial charge on any atom is -0.480 e. The first kappa shape index (κ1) is 14.5. The van der Waals surface area contributed by atoms with Crippen LogP contribution in [0.1, 0.15) is 46.5 Å². The lowest BCUT2D eigenvalue weighted by molar-refractivity contribution is -0.145. The van der Waals surface area contributed by atoms with E-state index in [4.69, 9.17) is 0 Å². The van der Waals surface area contributed by atoms with Crippen molar-refractivity contribution in [2.45, 2.75) is 58.0 Å². The van der Waals surface area contributed by atoms with Crippen LogP contribution in [0.5, 0.6) is 0 Å². The van der Waals surface area contributed by atoms with E-state index >= 15 is 0 Å². The van der Waals surface area contributed by atoms with Crippen LogP contribution >= 0.6 is 0 Å². The molecule has 17 heavy (non-hydrogen) atoms. The van der Waals surface area contributed by atoms with Crippen molar-refractivity contribution in [3.8, 4) is 0 Å². The lowest BCUT2D eigenvalue weighted by atomic mass is 9.92. The van der Waals surface area contributed by atoms with E-state index in [1.807, 2.05) is 6.92 Å². The number of aliphatic carboxylic acids is 1. The topological polar surface area (TPSA) is 52.6 Å². The molecule has 0 saturated carbocycles. The normalized spacial score (nSPS) is 23.0. The number of carboxylic acid groups (broad SMARTS) is 1. The molecule has 4 nitrogen and oxygen atoms in total. The molecule has 0 aliphatic carbocycles. The van der Waals surface area contributed by atoms with Crippen molar-refractivity contribution < 1.29 is 9.90 Å². The molecule has 1 aliphatic heterocycles. The Hall–Kier alpha value is -0.610. The summed E-state index contributed by atoms with van der Waals surface area (Å²) in [6.45, 7) is 8.80. The lowest BCUT2D eigenvalue weighted by Gasteiger charge is -2.37. The highest BCUT2D eigenvalue weighted by molar-refractivity contribution is 5.78. The molecule has 0 aromatic rings. The number of likely N-dealkylation sites (tertiary alicyclic amines) is 1. The van der Waals surface area contributed by atoms with Crippen molar-refractivity contribution in [1.29, 1.82) is 0 Å². The molecule has 1 rings (SSSR count). The van der Waals surface area contributed by atoms with Crippen LogP contribution in [-0.2, 0) is 4.79 Å². The maximum Gasteiger partial charge on any atom is 0.323 e. The van der Waals surface area contributed by atoms with Gasteiger partial charge in [0.25, 0.3) is 0 Å². The second-order valence-electron chi connectivity index (χ2n) is 5.32. The Morgan fingerprint density at radius 1 is 1.41 bits per heavy atom. The Labute approximate surface area is 104 Å². The number of nitrogens with zero attached hydrogens (tertiary/aromatic N) is 1. The molecule has 2 unspecified atom stereocenters. The van der Waals surface area contributed by atoms with Gasteiger partial charge < -0.3 is 15.3 Å². The van der Waals surface area contributed by atoms with E-state index < -0.39 is 11.5 Å². The molecule has 0 aromatic carbocycles. The van der Waals surface area contributed by atoms with Gasteiger partial charge in [-0.2, -0.15) is 0 Å². The molecule has 4 heteroatoms. The Bertz CT molecular complexity index is 252. The van der Waals surface area contributed by atoms with E-state index in [2.05, 4.69) is 17.1 Å². The lowest BCUT2D eigenvalue weighted by Crippen LogP contribution is -2.54. The zero-order chi connectivity index (χ0) is 12.9. The summed E-state index contributed by atoms with van der Waals surface area (Å²) >= 11 is 0. The first-order valence-corrected chi connectivity index (χ1v) is 6.72. The second-order valence-corrected chi connectivity index (χ2v) is 5.32. The third-order valence-electron chi connectivity index (χ3n) is 3.76. The standard InChI is InChI=1S/C13H26N2O2/c1-4-14-13(3,12(16)17)10-11(2)15-8-6-5-7-9-15/h11,14H,4-10H2,1-3H3,(H,16,17). The molecule has 0 spiro atoms. The van der Waals surface area contributed by atoms with Gasteiger partial charge in [-0.05, 0) is 52.7 Å². The van der Waals surface area contributed by atoms with E-state index in [0.717, 1.165) is 13.1 Å². The van der Waals surface area contributed by atoms with Gasteiger partial charge in [-0.3, -0.25) is 4.79 Å². The second kappa shape index (κ2) is 6.36. The summed E-state index contributed by atoms with van der Waals surface area (Å²) in [5.41, 5.74) is -0.800. The van der Waals surface area contributed by atoms with Crippen molar-refractivity contribution in [3.63, 3.8) is 0 Å². The van der Waals surface area contributed by atoms with Crippen LogP contribution in [0.4, 0.5) is 0 Å². The van der Waals surface area contributed by atoms with Crippen LogP contribution < -0.4 is 5.32 Å². The molecular weight excluding hydrogens is 216 g/mol. The average molecular weight is 242 g/mol. The monoisotopic (exact) mass is 242 g/mol. The van der Waals surface area contributed by atoms with Gasteiger partial charge in [-0.25, -0.2) is 0 Å². The fourth-order valence-corrected chi connectivity index (χ4v) is 2.70. The molecule has 0 radical (unpaired) electrons. The van der Waals surface area contributed by atoms with E-state index in [1.165, 1.54) is 19.3 Å². The third-order valence-corrected chi connectivity index (χ3v) is 3.76. The molecule has 0 amide bonds. The van der Waals surface area contributed by atoms with Crippen LogP contribution in [0.25, 0.3) is 0 Å². The van der Waals surface area contributed by atoms with Gasteiger partial charge in [0.05, 0.1) is 0 Å². The summed E-state index contributed by atoms with van der Waals surface area (Å²) < 4.78 is 0. The first-order valence-electron chi connectivity index (χ1n) is 6.72. The van der Waals surface area contributed by atoms with Crippen LogP contribution in [-0.4, -0.2) is 47.2 Å². The minimum atomic E-state index is -0.800. The predicted molar refractivity (Wildman–Crippen MR) is 69.2 cm³/mol. The number of hydrogen-bond acceptors (Lipinski definition) is 3. The molecule has 1 saturated heterocycles. The minimum absolute atomic E-state index is 0.329. The fourth-order valence-electron chi connectivity index (χ4n) is 2.70. The molecular formula is C13H26N2O2. The SMILES string of the molecule is CCNC(C)(CC(C)N1CCCCC1)C(=O)O. The zero-order valence-corrected chi connectivity index (χ0v) is 11.3. The van der Waals surface area contributed by atoms with Crippen LogP contribution in [0, 0.1) is 0 Å². The van der Waals surface area contributed by atoms with E-state index in [0.29, 0.717) is 19.0 Å². The molecule has 2 N–H and O–H groups in total. The smallest absolute Gasteiger partial charge is 0.323 e. The number of rotatable bonds is 6. The molecule has 1 fully saturated rings. The Morgan fingerprint density at radius 2 is 2.00 bits per heavy atom. The van der Waals surface area contributed by atoms with Crippen LogP contribution in [0.3, 0.4) is 0 Å². The summed E-state index contributed by atoms with van der Waals surface area (Å²) in [6, 6.07) is 0.329. The van der Waals surface area contributed by atoms with E-state index in [-0.39, 0.29) is 0 Å². The van der Waals surface area contributed by atoms with Crippen molar-refractivity contribution in [2.24, 2.45) is 0 Å². The van der Waals surface area contributed by atoms with Crippen LogP contribution in [0.2, 0.25) is 0 Å². The van der Waals surface area contributed by atoms with Crippen LogP contribution in [0.15, 0.2) is 0 Å². The Kier molecular flexibility index (Phi) is 5.40. The number of carbonyl (C=O) groups is 1. The number of hydrogen-bond donors (Lipinski definition) is 2. The van der Waals surface area contributed by atoms with Gasteiger partial charge in [0.15, 0.2) is 0 Å². The summed E-state index contributed by atoms with van der Waals surface area (Å²) in [4.78, 5) is 13.8. The summed E-state index contributed by atoms with van der Waals surface area (Å²) in [5.74, 6) is -0.747. The predicted octanol–water partition coefficient (Wildman–Crippen LogP) is 1.70. The van der Waals surface area contributed by atoms with E-state index in [9.17, 15) is 9.90 Å². The first-order chi connectivity index (χ1) is 7.99. The molecule has 0 bridgehead atoms. The van der Waals surface area contributed by atoms with Crippen molar-refractivity contribution >= 4 is 5.97 Å². The number of piperidine rings is 1. The van der Waals surface area contributed by atoms with Crippen molar-refractivity contribution in [1.82, 2.24) is 10.2 Å². The third kappa shape index (κ3) is 3.96. The van der Waals surface area contributed by atoms with Gasteiger partial charge in [-0.15, -0.1) is 0 Å². The maximum atomic E-state index is 11.3. The highest BCUT2D eigenvalue weighted by Gasteiger charge is 2.35. The zero-order valence-electron chi connectivity index (χ0n) is 11.3. The maximum absolute atomic E-state index is 11.3. The highest BCUT2D eigenvalue weighted by Crippen LogP contribution is 2.20. The average Bonchev–Trinajstić information content (AvgIpc) is 2.30. The van der Waals surface area contributed by atoms with Gasteiger partial charge in [-0.1, -0.05) is 13.3 Å². The fraction of sp³-hybridized carbons (Fsp3) is 0.923. The number of carboxylic acids is 1. The van der Waals surface area contributed by atoms with E-state index in [1.54, 1.807) is 6.92 Å². The summed E-state index contributed by atoms with van der Waals surface area (Å²) in [5, 5.41) is 12.4. The summed E-state index contributed by atoms with van der Waals surface area (Å²) in [7, 11) is 0. The number of likely N-dealkylation sites (N-methyl/N-ethyl adjacent to an activating group) is 1. The highest BCUT2D eigenvalue weighted by atomic mass is 16.4. The molecule has 1 heterocycles. The van der Waals surface area contributed by atoms with Gasteiger partial charge >= 0.3 is 5.97 Å². The summed E-state index contributed by atoms with van der Waals surface area (Å²) in [6.07, 6.45) is 4.47. The number of nitrogens with one attached hydrogen (secondary N) is 1. The molecule has 100 valence electrons. The van der Waals surface area contributed by atoms with Gasteiger partial charge in [0.1, 0.15) is 5.54 Å². The molecule has 2 atom stereocenters. The Morgan fingerprint density at radius 3 is 2.47 bits per heavy atom. The van der Waals surface area contributed by atoms with Gasteiger partial charge in [0, 0.05) is 6.04 Å². The quantitative estimate of drug-likeness (QED) is 0.744. The Balaban J connectivity index is 2.56. The molecule has 0 aromatic heterocycles. The van der Waals surface area contributed by atoms with Crippen molar-refractivity contribution in [2.75, 3.05) is 19.6 Å². The molecule has 1 aliphatic rings. The van der Waals surface area contributed by atoms with Crippen molar-refractivity contribution in [3.05, 3.63) is 0 Å².